The SMILES string of the molecule is COc1ccc(OC)c(N(CCC(=O)Nc2ccccc2F)C(C)=O)c1. The second-order valence-electron chi connectivity index (χ2n) is 5.49. The summed E-state index contributed by atoms with van der Waals surface area (Å²) in [4.78, 5) is 25.6. The Labute approximate surface area is 151 Å². The highest BCUT2D eigenvalue weighted by Crippen LogP contribution is 2.32. The molecule has 7 heteroatoms. The summed E-state index contributed by atoms with van der Waals surface area (Å²) in [6.45, 7) is 1.51. The second kappa shape index (κ2) is 8.84. The zero-order valence-electron chi connectivity index (χ0n) is 14.9. The Hall–Kier alpha value is -3.09. The van der Waals surface area contributed by atoms with Gasteiger partial charge in [-0.3, -0.25) is 9.59 Å². The number of para-hydroxylation sites is 1. The number of hydrogen-bond acceptors (Lipinski definition) is 4. The summed E-state index contributed by atoms with van der Waals surface area (Å²) >= 11 is 0. The van der Waals surface area contributed by atoms with Gasteiger partial charge < -0.3 is 19.7 Å². The van der Waals surface area contributed by atoms with E-state index in [1.165, 1.54) is 44.2 Å². The first kappa shape index (κ1) is 19.2. The van der Waals surface area contributed by atoms with Crippen LogP contribution in [-0.4, -0.2) is 32.6 Å². The zero-order chi connectivity index (χ0) is 19.1. The summed E-state index contributed by atoms with van der Waals surface area (Å²) in [6.07, 6.45) is -0.00568. The molecule has 138 valence electrons. The first-order valence-electron chi connectivity index (χ1n) is 8.00. The number of benzene rings is 2. The predicted octanol–water partition coefficient (Wildman–Crippen LogP) is 3.22. The number of anilines is 2. The highest BCUT2D eigenvalue weighted by molar-refractivity contribution is 5.96. The van der Waals surface area contributed by atoms with Crippen molar-refractivity contribution in [2.75, 3.05) is 31.0 Å². The van der Waals surface area contributed by atoms with Gasteiger partial charge in [-0.05, 0) is 24.3 Å². The third kappa shape index (κ3) is 4.72. The predicted molar refractivity (Wildman–Crippen MR) is 97.2 cm³/mol. The second-order valence-corrected chi connectivity index (χ2v) is 5.49. The van der Waals surface area contributed by atoms with E-state index < -0.39 is 11.7 Å². The number of nitrogens with zero attached hydrogens (tertiary/aromatic N) is 1. The highest BCUT2D eigenvalue weighted by Gasteiger charge is 2.19. The monoisotopic (exact) mass is 360 g/mol. The molecule has 2 aromatic carbocycles. The van der Waals surface area contributed by atoms with E-state index >= 15 is 0 Å². The molecule has 0 aliphatic carbocycles. The number of hydrogen-bond donors (Lipinski definition) is 1. The van der Waals surface area contributed by atoms with Gasteiger partial charge >= 0.3 is 0 Å². The van der Waals surface area contributed by atoms with Gasteiger partial charge in [0, 0.05) is 26.0 Å². The molecule has 0 aliphatic rings. The molecule has 0 bridgehead atoms. The van der Waals surface area contributed by atoms with E-state index in [-0.39, 0.29) is 24.6 Å². The van der Waals surface area contributed by atoms with Crippen molar-refractivity contribution in [3.63, 3.8) is 0 Å². The van der Waals surface area contributed by atoms with E-state index in [9.17, 15) is 14.0 Å². The standard InChI is InChI=1S/C19H21FN2O4/c1-13(23)22(17-12-14(25-2)8-9-18(17)26-3)11-10-19(24)21-16-7-5-4-6-15(16)20/h4-9,12H,10-11H2,1-3H3,(H,21,24). The summed E-state index contributed by atoms with van der Waals surface area (Å²) < 4.78 is 24.1. The van der Waals surface area contributed by atoms with Crippen LogP contribution < -0.4 is 19.7 Å². The van der Waals surface area contributed by atoms with Crippen LogP contribution in [0.15, 0.2) is 42.5 Å². The molecule has 0 saturated heterocycles. The summed E-state index contributed by atoms with van der Waals surface area (Å²) in [5, 5.41) is 2.50. The third-order valence-corrected chi connectivity index (χ3v) is 3.77. The molecule has 2 amide bonds. The molecule has 0 spiro atoms. The Kier molecular flexibility index (Phi) is 6.54. The van der Waals surface area contributed by atoms with E-state index in [0.717, 1.165) is 0 Å². The number of halogens is 1. The maximum absolute atomic E-state index is 13.6. The molecule has 0 unspecified atom stereocenters. The van der Waals surface area contributed by atoms with Crippen molar-refractivity contribution in [1.29, 1.82) is 0 Å². The third-order valence-electron chi connectivity index (χ3n) is 3.77. The van der Waals surface area contributed by atoms with Gasteiger partial charge in [0.15, 0.2) is 0 Å². The molecule has 26 heavy (non-hydrogen) atoms. The Morgan fingerprint density at radius 1 is 1.12 bits per heavy atom. The highest BCUT2D eigenvalue weighted by atomic mass is 19.1. The molecule has 2 aromatic rings. The molecule has 0 aliphatic heterocycles. The number of ether oxygens (including phenoxy) is 2. The Bertz CT molecular complexity index is 795. The summed E-state index contributed by atoms with van der Waals surface area (Å²) in [5.41, 5.74) is 0.601. The van der Waals surface area contributed by atoms with Crippen molar-refractivity contribution in [1.82, 2.24) is 0 Å². The van der Waals surface area contributed by atoms with Gasteiger partial charge in [0.25, 0.3) is 0 Å². The van der Waals surface area contributed by atoms with Crippen molar-refractivity contribution >= 4 is 23.2 Å². The van der Waals surface area contributed by atoms with E-state index in [1.807, 2.05) is 0 Å². The number of amides is 2. The van der Waals surface area contributed by atoms with Crippen LogP contribution >= 0.6 is 0 Å². The van der Waals surface area contributed by atoms with Crippen LogP contribution in [0.1, 0.15) is 13.3 Å². The summed E-state index contributed by atoms with van der Waals surface area (Å²) in [7, 11) is 3.01. The number of rotatable bonds is 7. The molecule has 1 N–H and O–H groups in total. The first-order chi connectivity index (χ1) is 12.5. The lowest BCUT2D eigenvalue weighted by molar-refractivity contribution is -0.117. The lowest BCUT2D eigenvalue weighted by Crippen LogP contribution is -2.32. The minimum Gasteiger partial charge on any atom is -0.497 e. The minimum absolute atomic E-state index is 0.00568. The van der Waals surface area contributed by atoms with Crippen LogP contribution in [0.25, 0.3) is 0 Å². The minimum atomic E-state index is -0.515. The van der Waals surface area contributed by atoms with E-state index in [1.54, 1.807) is 24.3 Å². The van der Waals surface area contributed by atoms with Crippen LogP contribution in [-0.2, 0) is 9.59 Å². The van der Waals surface area contributed by atoms with Crippen molar-refractivity contribution in [3.05, 3.63) is 48.3 Å². The number of nitrogens with one attached hydrogen (secondary N) is 1. The number of carbonyl (C=O) groups excluding carboxylic acids is 2. The van der Waals surface area contributed by atoms with Crippen LogP contribution in [0.5, 0.6) is 11.5 Å². The van der Waals surface area contributed by atoms with E-state index in [4.69, 9.17) is 9.47 Å². The normalized spacial score (nSPS) is 10.2. The van der Waals surface area contributed by atoms with E-state index in [2.05, 4.69) is 5.32 Å². The summed E-state index contributed by atoms with van der Waals surface area (Å²) in [5.74, 6) is -0.129. The fourth-order valence-electron chi connectivity index (χ4n) is 2.44. The first-order valence-corrected chi connectivity index (χ1v) is 8.00. The maximum atomic E-state index is 13.6. The molecule has 0 fully saturated rings. The average molecular weight is 360 g/mol. The fourth-order valence-corrected chi connectivity index (χ4v) is 2.44. The van der Waals surface area contributed by atoms with Gasteiger partial charge in [-0.25, -0.2) is 4.39 Å². The molecular formula is C19H21FN2O4. The summed E-state index contributed by atoms with van der Waals surface area (Å²) in [6, 6.07) is 11.0. The largest absolute Gasteiger partial charge is 0.497 e. The van der Waals surface area contributed by atoms with Crippen LogP contribution in [0.4, 0.5) is 15.8 Å². The molecule has 0 saturated carbocycles. The van der Waals surface area contributed by atoms with Gasteiger partial charge in [-0.15, -0.1) is 0 Å². The average Bonchev–Trinajstić information content (AvgIpc) is 2.63. The van der Waals surface area contributed by atoms with Gasteiger partial charge in [0.05, 0.1) is 25.6 Å². The number of methoxy groups -OCH3 is 2. The van der Waals surface area contributed by atoms with E-state index in [0.29, 0.717) is 17.2 Å². The van der Waals surface area contributed by atoms with Crippen LogP contribution in [0.3, 0.4) is 0 Å². The lowest BCUT2D eigenvalue weighted by atomic mass is 10.2. The van der Waals surface area contributed by atoms with Crippen molar-refractivity contribution < 1.29 is 23.5 Å². The van der Waals surface area contributed by atoms with Crippen molar-refractivity contribution in [2.45, 2.75) is 13.3 Å². The van der Waals surface area contributed by atoms with Gasteiger partial charge in [-0.2, -0.15) is 0 Å². The van der Waals surface area contributed by atoms with Gasteiger partial charge in [0.2, 0.25) is 11.8 Å². The van der Waals surface area contributed by atoms with Crippen LogP contribution in [0, 0.1) is 5.82 Å². The molecule has 6 nitrogen and oxygen atoms in total. The molecule has 0 radical (unpaired) electrons. The molecule has 2 rings (SSSR count). The number of carbonyl (C=O) groups is 2. The molecule has 0 atom stereocenters. The zero-order valence-corrected chi connectivity index (χ0v) is 14.9. The topological polar surface area (TPSA) is 67.9 Å². The van der Waals surface area contributed by atoms with Crippen molar-refractivity contribution in [2.24, 2.45) is 0 Å². The Balaban J connectivity index is 2.13. The Morgan fingerprint density at radius 3 is 2.46 bits per heavy atom. The van der Waals surface area contributed by atoms with Crippen LogP contribution in [0.2, 0.25) is 0 Å². The van der Waals surface area contributed by atoms with Gasteiger partial charge in [-0.1, -0.05) is 12.1 Å². The maximum Gasteiger partial charge on any atom is 0.226 e. The van der Waals surface area contributed by atoms with Gasteiger partial charge in [0.1, 0.15) is 17.3 Å². The molecule has 0 heterocycles. The molecular weight excluding hydrogens is 339 g/mol. The smallest absolute Gasteiger partial charge is 0.226 e. The molecule has 0 aromatic heterocycles. The fraction of sp³-hybridized carbons (Fsp3) is 0.263. The van der Waals surface area contributed by atoms with Crippen molar-refractivity contribution in [3.8, 4) is 11.5 Å². The quantitative estimate of drug-likeness (QED) is 0.823. The lowest BCUT2D eigenvalue weighted by Gasteiger charge is -2.23. The Morgan fingerprint density at radius 2 is 1.85 bits per heavy atom.